The predicted octanol–water partition coefficient (Wildman–Crippen LogP) is 5.29. The summed E-state index contributed by atoms with van der Waals surface area (Å²) in [7, 11) is 0. The van der Waals surface area contributed by atoms with Crippen LogP contribution in [-0.4, -0.2) is 6.54 Å². The van der Waals surface area contributed by atoms with E-state index >= 15 is 0 Å². The second kappa shape index (κ2) is 7.29. The van der Waals surface area contributed by atoms with Gasteiger partial charge in [-0.3, -0.25) is 0 Å². The minimum Gasteiger partial charge on any atom is -0.330 e. The molecule has 20 heavy (non-hydrogen) atoms. The van der Waals surface area contributed by atoms with Gasteiger partial charge in [-0.2, -0.15) is 0 Å². The lowest BCUT2D eigenvalue weighted by Gasteiger charge is -2.37. The van der Waals surface area contributed by atoms with E-state index in [1.807, 2.05) is 6.07 Å². The van der Waals surface area contributed by atoms with E-state index in [2.05, 4.69) is 41.9 Å². The Morgan fingerprint density at radius 1 is 1.30 bits per heavy atom. The summed E-state index contributed by atoms with van der Waals surface area (Å²) in [4.78, 5) is 0. The largest absolute Gasteiger partial charge is 0.330 e. The molecule has 0 saturated heterocycles. The Balaban J connectivity index is 2.11. The van der Waals surface area contributed by atoms with Gasteiger partial charge in [-0.1, -0.05) is 47.4 Å². The molecule has 1 aromatic rings. The van der Waals surface area contributed by atoms with Crippen LogP contribution in [0.4, 0.5) is 0 Å². The molecule has 0 amide bonds. The summed E-state index contributed by atoms with van der Waals surface area (Å²) in [5.41, 5.74) is 7.26. The number of rotatable bonds is 4. The Bertz CT molecular complexity index is 447. The third kappa shape index (κ3) is 3.99. The molecule has 0 spiro atoms. The Morgan fingerprint density at radius 2 is 2.05 bits per heavy atom. The molecule has 1 aliphatic carbocycles. The van der Waals surface area contributed by atoms with Gasteiger partial charge in [0.05, 0.1) is 0 Å². The van der Waals surface area contributed by atoms with Crippen LogP contribution in [0.5, 0.6) is 0 Å². The van der Waals surface area contributed by atoms with E-state index in [0.29, 0.717) is 11.8 Å². The molecule has 0 bridgehead atoms. The van der Waals surface area contributed by atoms with Crippen molar-refractivity contribution in [1.29, 1.82) is 0 Å². The first kappa shape index (κ1) is 16.3. The van der Waals surface area contributed by atoms with Gasteiger partial charge in [0.15, 0.2) is 0 Å². The van der Waals surface area contributed by atoms with E-state index in [4.69, 9.17) is 17.3 Å². The van der Waals surface area contributed by atoms with E-state index in [0.717, 1.165) is 34.3 Å². The fourth-order valence-corrected chi connectivity index (χ4v) is 4.25. The van der Waals surface area contributed by atoms with Gasteiger partial charge in [0, 0.05) is 9.50 Å². The van der Waals surface area contributed by atoms with Crippen LogP contribution in [0, 0.1) is 23.7 Å². The number of nitrogens with two attached hydrogens (primary N) is 1. The van der Waals surface area contributed by atoms with Crippen LogP contribution >= 0.6 is 27.5 Å². The smallest absolute Gasteiger partial charge is 0.0449 e. The van der Waals surface area contributed by atoms with Crippen molar-refractivity contribution in [3.05, 3.63) is 33.3 Å². The summed E-state index contributed by atoms with van der Waals surface area (Å²) in [6, 6.07) is 6.23. The zero-order valence-corrected chi connectivity index (χ0v) is 14.8. The van der Waals surface area contributed by atoms with Crippen LogP contribution < -0.4 is 5.73 Å². The molecule has 1 nitrogen and oxygen atoms in total. The van der Waals surface area contributed by atoms with Crippen molar-refractivity contribution in [3.8, 4) is 0 Å². The van der Waals surface area contributed by atoms with Gasteiger partial charge in [0.2, 0.25) is 0 Å². The first-order valence-electron chi connectivity index (χ1n) is 7.65. The number of hydrogen-bond donors (Lipinski definition) is 1. The first-order valence-corrected chi connectivity index (χ1v) is 8.82. The highest BCUT2D eigenvalue weighted by atomic mass is 79.9. The summed E-state index contributed by atoms with van der Waals surface area (Å²) in [5, 5.41) is 0.877. The lowest BCUT2D eigenvalue weighted by molar-refractivity contribution is 0.151. The normalized spacial score (nSPS) is 27.0. The van der Waals surface area contributed by atoms with Crippen molar-refractivity contribution in [2.75, 3.05) is 6.54 Å². The molecule has 112 valence electrons. The minimum absolute atomic E-state index is 0.657. The fourth-order valence-electron chi connectivity index (χ4n) is 3.50. The molecule has 3 atom stereocenters. The molecule has 0 heterocycles. The zero-order chi connectivity index (χ0) is 14.7. The summed E-state index contributed by atoms with van der Waals surface area (Å²) >= 11 is 9.85. The third-order valence-corrected chi connectivity index (χ3v) is 5.77. The highest BCUT2D eigenvalue weighted by molar-refractivity contribution is 9.10. The molecule has 2 rings (SSSR count). The summed E-state index contributed by atoms with van der Waals surface area (Å²) in [5.74, 6) is 2.96. The molecular weight excluding hydrogens is 334 g/mol. The fraction of sp³-hybridized carbons (Fsp3) is 0.647. The molecule has 3 heteroatoms. The van der Waals surface area contributed by atoms with Gasteiger partial charge in [0.25, 0.3) is 0 Å². The standard InChI is InChI=1S/C17H25BrClN/c1-11(2)12-3-4-14(10-20)15(7-12)8-13-5-6-16(18)9-17(13)19/h5-6,9,11-12,14-15H,3-4,7-8,10,20H2,1-2H3. The van der Waals surface area contributed by atoms with Gasteiger partial charge in [-0.15, -0.1) is 0 Å². The average Bonchev–Trinajstić information content (AvgIpc) is 2.41. The maximum atomic E-state index is 6.38. The van der Waals surface area contributed by atoms with Gasteiger partial charge < -0.3 is 5.73 Å². The molecule has 2 N–H and O–H groups in total. The van der Waals surface area contributed by atoms with Crippen LogP contribution in [0.3, 0.4) is 0 Å². The maximum absolute atomic E-state index is 6.38. The van der Waals surface area contributed by atoms with Crippen molar-refractivity contribution in [3.63, 3.8) is 0 Å². The Labute approximate surface area is 136 Å². The topological polar surface area (TPSA) is 26.0 Å². The first-order chi connectivity index (χ1) is 9.51. The van der Waals surface area contributed by atoms with Crippen LogP contribution in [0.25, 0.3) is 0 Å². The van der Waals surface area contributed by atoms with Gasteiger partial charge in [-0.25, -0.2) is 0 Å². The maximum Gasteiger partial charge on any atom is 0.0449 e. The molecule has 1 saturated carbocycles. The number of halogens is 2. The van der Waals surface area contributed by atoms with Crippen molar-refractivity contribution >= 4 is 27.5 Å². The SMILES string of the molecule is CC(C)C1CCC(CN)C(Cc2ccc(Br)cc2Cl)C1. The monoisotopic (exact) mass is 357 g/mol. The van der Waals surface area contributed by atoms with Crippen molar-refractivity contribution < 1.29 is 0 Å². The van der Waals surface area contributed by atoms with Crippen molar-refractivity contribution in [2.24, 2.45) is 29.4 Å². The van der Waals surface area contributed by atoms with E-state index in [1.165, 1.54) is 24.8 Å². The molecule has 0 aliphatic heterocycles. The molecule has 1 fully saturated rings. The zero-order valence-electron chi connectivity index (χ0n) is 12.4. The molecule has 0 aromatic heterocycles. The number of hydrogen-bond acceptors (Lipinski definition) is 1. The van der Waals surface area contributed by atoms with Gasteiger partial charge in [0.1, 0.15) is 0 Å². The predicted molar refractivity (Wildman–Crippen MR) is 91.1 cm³/mol. The second-order valence-corrected chi connectivity index (χ2v) is 7.84. The Kier molecular flexibility index (Phi) is 5.95. The number of benzene rings is 1. The summed E-state index contributed by atoms with van der Waals surface area (Å²) in [6.45, 7) is 5.50. The van der Waals surface area contributed by atoms with Crippen molar-refractivity contribution in [1.82, 2.24) is 0 Å². The molecule has 1 aromatic carbocycles. The van der Waals surface area contributed by atoms with Crippen LogP contribution in [0.1, 0.15) is 38.7 Å². The molecule has 0 radical (unpaired) electrons. The summed E-state index contributed by atoms with van der Waals surface area (Å²) < 4.78 is 1.05. The highest BCUT2D eigenvalue weighted by Crippen LogP contribution is 2.39. The highest BCUT2D eigenvalue weighted by Gasteiger charge is 2.31. The van der Waals surface area contributed by atoms with Crippen molar-refractivity contribution in [2.45, 2.75) is 39.5 Å². The van der Waals surface area contributed by atoms with E-state index < -0.39 is 0 Å². The van der Waals surface area contributed by atoms with Gasteiger partial charge >= 0.3 is 0 Å². The second-order valence-electron chi connectivity index (χ2n) is 6.51. The van der Waals surface area contributed by atoms with Crippen LogP contribution in [-0.2, 0) is 6.42 Å². The quantitative estimate of drug-likeness (QED) is 0.777. The molecule has 1 aliphatic rings. The van der Waals surface area contributed by atoms with Crippen LogP contribution in [0.2, 0.25) is 5.02 Å². The lowest BCUT2D eigenvalue weighted by Crippen LogP contribution is -2.33. The van der Waals surface area contributed by atoms with E-state index in [-0.39, 0.29) is 0 Å². The van der Waals surface area contributed by atoms with Crippen LogP contribution in [0.15, 0.2) is 22.7 Å². The lowest BCUT2D eigenvalue weighted by atomic mass is 9.69. The van der Waals surface area contributed by atoms with E-state index in [1.54, 1.807) is 0 Å². The third-order valence-electron chi connectivity index (χ3n) is 4.92. The van der Waals surface area contributed by atoms with E-state index in [9.17, 15) is 0 Å². The Hall–Kier alpha value is -0.0500. The Morgan fingerprint density at radius 3 is 2.65 bits per heavy atom. The summed E-state index contributed by atoms with van der Waals surface area (Å²) in [6.07, 6.45) is 4.98. The minimum atomic E-state index is 0.657. The average molecular weight is 359 g/mol. The molecular formula is C17H25BrClN. The van der Waals surface area contributed by atoms with Gasteiger partial charge in [-0.05, 0) is 73.6 Å². The molecule has 3 unspecified atom stereocenters.